The maximum absolute atomic E-state index is 13.0. The van der Waals surface area contributed by atoms with Crippen LogP contribution in [-0.4, -0.2) is 31.1 Å². The summed E-state index contributed by atoms with van der Waals surface area (Å²) in [7, 11) is 0. The molecule has 25 heavy (non-hydrogen) atoms. The minimum absolute atomic E-state index is 0.203. The van der Waals surface area contributed by atoms with Gasteiger partial charge in [0.15, 0.2) is 0 Å². The van der Waals surface area contributed by atoms with Gasteiger partial charge in [-0.05, 0) is 42.0 Å². The summed E-state index contributed by atoms with van der Waals surface area (Å²) in [6, 6.07) is 9.54. The number of amides is 1. The third kappa shape index (κ3) is 2.66. The molecule has 0 saturated carbocycles. The lowest BCUT2D eigenvalue weighted by atomic mass is 10.1. The second kappa shape index (κ2) is 6.06. The highest BCUT2D eigenvalue weighted by molar-refractivity contribution is 7.15. The van der Waals surface area contributed by atoms with Crippen LogP contribution in [0.2, 0.25) is 0 Å². The van der Waals surface area contributed by atoms with Gasteiger partial charge in [-0.1, -0.05) is 18.2 Å². The fraction of sp³-hybridized carbons (Fsp3) is 0.118. The van der Waals surface area contributed by atoms with Crippen molar-refractivity contribution in [3.63, 3.8) is 0 Å². The largest absolute Gasteiger partial charge is 0.320 e. The quantitative estimate of drug-likeness (QED) is 0.613. The Bertz CT molecular complexity index is 1060. The van der Waals surface area contributed by atoms with Crippen molar-refractivity contribution >= 4 is 33.8 Å². The number of anilines is 1. The van der Waals surface area contributed by atoms with E-state index in [9.17, 15) is 4.79 Å². The number of pyridine rings is 1. The SMILES string of the molecule is Cc1sc(-n2cnnn2)c(C(=O)Nc2cccc3cccnc23)c1C. The molecule has 4 aromatic rings. The van der Waals surface area contributed by atoms with Gasteiger partial charge >= 0.3 is 0 Å². The number of para-hydroxylation sites is 1. The van der Waals surface area contributed by atoms with Crippen molar-refractivity contribution in [2.24, 2.45) is 0 Å². The fourth-order valence-corrected chi connectivity index (χ4v) is 3.75. The van der Waals surface area contributed by atoms with E-state index in [0.29, 0.717) is 16.3 Å². The number of carbonyl (C=O) groups is 1. The highest BCUT2D eigenvalue weighted by Gasteiger charge is 2.22. The minimum atomic E-state index is -0.203. The third-order valence-corrected chi connectivity index (χ3v) is 5.23. The summed E-state index contributed by atoms with van der Waals surface area (Å²) in [4.78, 5) is 18.4. The Hall–Kier alpha value is -3.13. The summed E-state index contributed by atoms with van der Waals surface area (Å²) in [5.41, 5.74) is 2.92. The fourth-order valence-electron chi connectivity index (χ4n) is 2.68. The zero-order valence-electron chi connectivity index (χ0n) is 13.6. The van der Waals surface area contributed by atoms with Gasteiger partial charge in [0, 0.05) is 16.5 Å². The van der Waals surface area contributed by atoms with Gasteiger partial charge in [-0.15, -0.1) is 16.4 Å². The van der Waals surface area contributed by atoms with Crippen molar-refractivity contribution in [3.05, 3.63) is 58.9 Å². The van der Waals surface area contributed by atoms with E-state index in [0.717, 1.165) is 21.3 Å². The van der Waals surface area contributed by atoms with E-state index in [1.807, 2.05) is 44.2 Å². The number of aryl methyl sites for hydroxylation is 1. The predicted molar refractivity (Wildman–Crippen MR) is 96.2 cm³/mol. The highest BCUT2D eigenvalue weighted by atomic mass is 32.1. The second-order valence-corrected chi connectivity index (χ2v) is 6.76. The molecule has 1 N–H and O–H groups in total. The standard InChI is InChI=1S/C17H14N6OS/c1-10-11(2)25-17(23-9-19-21-22-23)14(10)16(24)20-13-7-3-5-12-6-4-8-18-15(12)13/h3-9H,1-2H3,(H,20,24). The topological polar surface area (TPSA) is 85.6 Å². The van der Waals surface area contributed by atoms with Crippen LogP contribution in [0, 0.1) is 13.8 Å². The van der Waals surface area contributed by atoms with Gasteiger partial charge < -0.3 is 5.32 Å². The molecule has 4 rings (SSSR count). The molecule has 0 atom stereocenters. The molecule has 0 unspecified atom stereocenters. The van der Waals surface area contributed by atoms with E-state index in [-0.39, 0.29) is 5.91 Å². The number of benzene rings is 1. The lowest BCUT2D eigenvalue weighted by Crippen LogP contribution is -2.15. The number of nitrogens with zero attached hydrogens (tertiary/aromatic N) is 5. The number of aromatic nitrogens is 5. The van der Waals surface area contributed by atoms with Crippen LogP contribution in [0.3, 0.4) is 0 Å². The van der Waals surface area contributed by atoms with E-state index in [4.69, 9.17) is 0 Å². The van der Waals surface area contributed by atoms with Crippen LogP contribution in [0.5, 0.6) is 0 Å². The number of hydrogen-bond acceptors (Lipinski definition) is 6. The number of hydrogen-bond donors (Lipinski definition) is 1. The first-order valence-electron chi connectivity index (χ1n) is 7.63. The lowest BCUT2D eigenvalue weighted by Gasteiger charge is -2.09. The molecule has 0 bridgehead atoms. The molecule has 0 fully saturated rings. The summed E-state index contributed by atoms with van der Waals surface area (Å²) in [5, 5.41) is 15.9. The van der Waals surface area contributed by atoms with Crippen molar-refractivity contribution in [1.29, 1.82) is 0 Å². The molecule has 0 aliphatic carbocycles. The number of thiophene rings is 1. The van der Waals surface area contributed by atoms with Gasteiger partial charge in [-0.3, -0.25) is 9.78 Å². The number of rotatable bonds is 3. The Morgan fingerprint density at radius 3 is 2.84 bits per heavy atom. The first-order valence-corrected chi connectivity index (χ1v) is 8.45. The van der Waals surface area contributed by atoms with Crippen molar-refractivity contribution in [2.75, 3.05) is 5.32 Å². The molecular formula is C17H14N6OS. The molecular weight excluding hydrogens is 336 g/mol. The summed E-state index contributed by atoms with van der Waals surface area (Å²) in [6.45, 7) is 3.90. The summed E-state index contributed by atoms with van der Waals surface area (Å²) >= 11 is 1.49. The molecule has 124 valence electrons. The zero-order chi connectivity index (χ0) is 17.4. The normalized spacial score (nSPS) is 11.0. The maximum atomic E-state index is 13.0. The van der Waals surface area contributed by atoms with Crippen molar-refractivity contribution in [1.82, 2.24) is 25.2 Å². The lowest BCUT2D eigenvalue weighted by molar-refractivity contribution is 0.102. The minimum Gasteiger partial charge on any atom is -0.320 e. The van der Waals surface area contributed by atoms with Crippen molar-refractivity contribution < 1.29 is 4.79 Å². The van der Waals surface area contributed by atoms with E-state index >= 15 is 0 Å². The van der Waals surface area contributed by atoms with Gasteiger partial charge in [0.05, 0.1) is 16.8 Å². The third-order valence-electron chi connectivity index (χ3n) is 4.03. The maximum Gasteiger partial charge on any atom is 0.259 e. The van der Waals surface area contributed by atoms with Crippen LogP contribution in [0.1, 0.15) is 20.8 Å². The monoisotopic (exact) mass is 350 g/mol. The Balaban J connectivity index is 1.77. The van der Waals surface area contributed by atoms with Crippen molar-refractivity contribution in [2.45, 2.75) is 13.8 Å². The summed E-state index contributed by atoms with van der Waals surface area (Å²) in [6.07, 6.45) is 3.20. The molecule has 1 amide bonds. The Labute approximate surface area is 147 Å². The smallest absolute Gasteiger partial charge is 0.259 e. The second-order valence-electron chi connectivity index (χ2n) is 5.55. The Morgan fingerprint density at radius 2 is 2.04 bits per heavy atom. The number of carbonyl (C=O) groups excluding carboxylic acids is 1. The van der Waals surface area contributed by atoms with E-state index in [1.54, 1.807) is 6.20 Å². The number of fused-ring (bicyclic) bond motifs is 1. The van der Waals surface area contributed by atoms with E-state index in [1.165, 1.54) is 22.3 Å². The molecule has 0 saturated heterocycles. The molecule has 7 nitrogen and oxygen atoms in total. The van der Waals surface area contributed by atoms with Crippen molar-refractivity contribution in [3.8, 4) is 5.00 Å². The molecule has 0 aliphatic heterocycles. The van der Waals surface area contributed by atoms with Gasteiger partial charge in [-0.2, -0.15) is 4.68 Å². The molecule has 1 aromatic carbocycles. The summed E-state index contributed by atoms with van der Waals surface area (Å²) in [5.74, 6) is -0.203. The van der Waals surface area contributed by atoms with E-state index < -0.39 is 0 Å². The molecule has 0 aliphatic rings. The first-order chi connectivity index (χ1) is 12.1. The van der Waals surface area contributed by atoms with Crippen LogP contribution < -0.4 is 5.32 Å². The van der Waals surface area contributed by atoms with E-state index in [2.05, 4.69) is 25.8 Å². The van der Waals surface area contributed by atoms with Crippen LogP contribution >= 0.6 is 11.3 Å². The zero-order valence-corrected chi connectivity index (χ0v) is 14.4. The Kier molecular flexibility index (Phi) is 3.73. The first kappa shape index (κ1) is 15.4. The van der Waals surface area contributed by atoms with Gasteiger partial charge in [0.2, 0.25) is 0 Å². The number of tetrazole rings is 1. The van der Waals surface area contributed by atoms with Gasteiger partial charge in [-0.25, -0.2) is 0 Å². The van der Waals surface area contributed by atoms with Crippen LogP contribution in [0.25, 0.3) is 15.9 Å². The molecule has 3 heterocycles. The van der Waals surface area contributed by atoms with Crippen LogP contribution in [0.4, 0.5) is 5.69 Å². The predicted octanol–water partition coefficient (Wildman–Crippen LogP) is 3.14. The van der Waals surface area contributed by atoms with Gasteiger partial charge in [0.25, 0.3) is 5.91 Å². The number of nitrogens with one attached hydrogen (secondary N) is 1. The Morgan fingerprint density at radius 1 is 1.20 bits per heavy atom. The highest BCUT2D eigenvalue weighted by Crippen LogP contribution is 2.31. The van der Waals surface area contributed by atoms with Crippen LogP contribution in [-0.2, 0) is 0 Å². The molecule has 8 heteroatoms. The summed E-state index contributed by atoms with van der Waals surface area (Å²) < 4.78 is 1.51. The average molecular weight is 350 g/mol. The molecule has 0 radical (unpaired) electrons. The molecule has 0 spiro atoms. The van der Waals surface area contributed by atoms with Crippen LogP contribution in [0.15, 0.2) is 42.9 Å². The molecule has 3 aromatic heterocycles. The average Bonchev–Trinajstić information content (AvgIpc) is 3.24. The van der Waals surface area contributed by atoms with Gasteiger partial charge in [0.1, 0.15) is 11.3 Å².